The van der Waals surface area contributed by atoms with Crippen molar-refractivity contribution in [3.05, 3.63) is 0 Å². The van der Waals surface area contributed by atoms with Crippen LogP contribution in [-0.4, -0.2) is 23.8 Å². The Hall–Kier alpha value is -0.250. The van der Waals surface area contributed by atoms with Gasteiger partial charge in [-0.15, -0.1) is 0 Å². The number of alkyl halides is 3. The highest BCUT2D eigenvalue weighted by Gasteiger charge is 2.26. The van der Waals surface area contributed by atoms with E-state index in [1.807, 2.05) is 0 Å². The van der Waals surface area contributed by atoms with E-state index in [9.17, 15) is 13.2 Å². The lowest BCUT2D eigenvalue weighted by atomic mass is 10.2. The number of halogens is 3. The molecule has 2 atom stereocenters. The molecule has 56 valence electrons. The van der Waals surface area contributed by atoms with Crippen LogP contribution in [0.1, 0.15) is 13.3 Å². The molecule has 0 aliphatic carbocycles. The van der Waals surface area contributed by atoms with Gasteiger partial charge in [0.05, 0.1) is 6.10 Å². The van der Waals surface area contributed by atoms with Gasteiger partial charge in [-0.05, 0) is 6.42 Å². The summed E-state index contributed by atoms with van der Waals surface area (Å²) in [6.45, 7) is 1.44. The van der Waals surface area contributed by atoms with Gasteiger partial charge in [-0.3, -0.25) is 0 Å². The van der Waals surface area contributed by atoms with E-state index in [0.29, 0.717) is 0 Å². The summed E-state index contributed by atoms with van der Waals surface area (Å²) in [6, 6.07) is 0. The first-order chi connectivity index (χ1) is 4.09. The molecule has 0 radical (unpaired) electrons. The third-order valence-electron chi connectivity index (χ3n) is 1.03. The summed E-state index contributed by atoms with van der Waals surface area (Å²) >= 11 is 0. The number of rotatable bonds is 3. The molecule has 0 saturated carbocycles. The van der Waals surface area contributed by atoms with E-state index in [1.54, 1.807) is 0 Å². The van der Waals surface area contributed by atoms with Gasteiger partial charge in [0.25, 0.3) is 6.43 Å². The molecule has 9 heavy (non-hydrogen) atoms. The Kier molecular flexibility index (Phi) is 3.61. The van der Waals surface area contributed by atoms with Crippen molar-refractivity contribution in [2.75, 3.05) is 0 Å². The van der Waals surface area contributed by atoms with Crippen LogP contribution in [-0.2, 0) is 0 Å². The van der Waals surface area contributed by atoms with Crippen LogP contribution in [0.5, 0.6) is 0 Å². The molecule has 0 fully saturated rings. The van der Waals surface area contributed by atoms with Crippen LogP contribution in [0, 0.1) is 0 Å². The van der Waals surface area contributed by atoms with Crippen LogP contribution in [0.3, 0.4) is 0 Å². The fraction of sp³-hybridized carbons (Fsp3) is 1.00. The largest absolute Gasteiger partial charge is 0.390 e. The molecule has 2 unspecified atom stereocenters. The topological polar surface area (TPSA) is 20.2 Å². The molecule has 0 aliphatic heterocycles. The normalized spacial score (nSPS) is 18.0. The second-order valence-corrected chi connectivity index (χ2v) is 1.75. The lowest BCUT2D eigenvalue weighted by Gasteiger charge is -2.11. The molecule has 0 heterocycles. The van der Waals surface area contributed by atoms with Gasteiger partial charge in [0.1, 0.15) is 0 Å². The molecule has 0 amide bonds. The third kappa shape index (κ3) is 2.70. The van der Waals surface area contributed by atoms with Gasteiger partial charge < -0.3 is 5.11 Å². The third-order valence-corrected chi connectivity index (χ3v) is 1.03. The van der Waals surface area contributed by atoms with Gasteiger partial charge in [-0.25, -0.2) is 13.2 Å². The Labute approximate surface area is 51.5 Å². The van der Waals surface area contributed by atoms with E-state index in [4.69, 9.17) is 5.11 Å². The highest BCUT2D eigenvalue weighted by atomic mass is 19.3. The first-order valence-corrected chi connectivity index (χ1v) is 2.69. The monoisotopic (exact) mass is 142 g/mol. The Bertz CT molecular complexity index is 76.6. The molecule has 1 nitrogen and oxygen atoms in total. The zero-order valence-electron chi connectivity index (χ0n) is 5.02. The SMILES string of the molecule is CCC(O)C(F)C(F)F. The Morgan fingerprint density at radius 1 is 1.33 bits per heavy atom. The first kappa shape index (κ1) is 8.75. The van der Waals surface area contributed by atoms with E-state index in [2.05, 4.69) is 0 Å². The molecule has 0 saturated heterocycles. The number of hydrogen-bond donors (Lipinski definition) is 1. The first-order valence-electron chi connectivity index (χ1n) is 2.69. The minimum atomic E-state index is -3.07. The van der Waals surface area contributed by atoms with Gasteiger partial charge in [0.15, 0.2) is 6.17 Å². The standard InChI is InChI=1S/C5H9F3O/c1-2-3(9)4(6)5(7)8/h3-5,9H,2H2,1H3. The molecular formula is C5H9F3O. The molecule has 0 bridgehead atoms. The van der Waals surface area contributed by atoms with Crippen molar-refractivity contribution < 1.29 is 18.3 Å². The van der Waals surface area contributed by atoms with Crippen molar-refractivity contribution in [2.45, 2.75) is 32.0 Å². The van der Waals surface area contributed by atoms with Crippen LogP contribution in [0.4, 0.5) is 13.2 Å². The average Bonchev–Trinajstić information content (AvgIpc) is 1.84. The minimum Gasteiger partial charge on any atom is -0.390 e. The second kappa shape index (κ2) is 3.71. The number of aliphatic hydroxyl groups is 1. The van der Waals surface area contributed by atoms with Crippen LogP contribution >= 0.6 is 0 Å². The summed E-state index contributed by atoms with van der Waals surface area (Å²) in [5.41, 5.74) is 0. The zero-order chi connectivity index (χ0) is 7.44. The van der Waals surface area contributed by atoms with Crippen molar-refractivity contribution in [1.29, 1.82) is 0 Å². The molecule has 0 aromatic carbocycles. The Morgan fingerprint density at radius 2 is 1.78 bits per heavy atom. The van der Waals surface area contributed by atoms with E-state index in [0.717, 1.165) is 0 Å². The molecule has 0 aromatic heterocycles. The lowest BCUT2D eigenvalue weighted by Crippen LogP contribution is -2.27. The smallest absolute Gasteiger partial charge is 0.271 e. The van der Waals surface area contributed by atoms with Gasteiger partial charge >= 0.3 is 0 Å². The van der Waals surface area contributed by atoms with Crippen LogP contribution in [0.2, 0.25) is 0 Å². The fourth-order valence-electron chi connectivity index (χ4n) is 0.393. The number of aliphatic hydroxyl groups excluding tert-OH is 1. The van der Waals surface area contributed by atoms with Crippen molar-refractivity contribution in [3.63, 3.8) is 0 Å². The lowest BCUT2D eigenvalue weighted by molar-refractivity contribution is -0.0298. The Balaban J connectivity index is 3.58. The molecule has 0 rings (SSSR count). The summed E-state index contributed by atoms with van der Waals surface area (Å²) < 4.78 is 34.6. The van der Waals surface area contributed by atoms with Gasteiger partial charge in [0.2, 0.25) is 0 Å². The fourth-order valence-corrected chi connectivity index (χ4v) is 0.393. The molecule has 0 aliphatic rings. The summed E-state index contributed by atoms with van der Waals surface area (Å²) in [6.07, 6.45) is -6.97. The Morgan fingerprint density at radius 3 is 1.89 bits per heavy atom. The summed E-state index contributed by atoms with van der Waals surface area (Å²) in [4.78, 5) is 0. The van der Waals surface area contributed by atoms with E-state index in [1.165, 1.54) is 6.92 Å². The number of hydrogen-bond acceptors (Lipinski definition) is 1. The summed E-state index contributed by atoms with van der Waals surface area (Å²) in [7, 11) is 0. The maximum Gasteiger partial charge on any atom is 0.271 e. The predicted octanol–water partition coefficient (Wildman–Crippen LogP) is 1.36. The van der Waals surface area contributed by atoms with E-state index < -0.39 is 18.7 Å². The van der Waals surface area contributed by atoms with E-state index in [-0.39, 0.29) is 6.42 Å². The zero-order valence-corrected chi connectivity index (χ0v) is 5.02. The van der Waals surface area contributed by atoms with Gasteiger partial charge in [0, 0.05) is 0 Å². The maximum absolute atomic E-state index is 11.9. The van der Waals surface area contributed by atoms with Gasteiger partial charge in [-0.1, -0.05) is 6.92 Å². The quantitative estimate of drug-likeness (QED) is 0.630. The molecule has 4 heteroatoms. The van der Waals surface area contributed by atoms with E-state index >= 15 is 0 Å². The van der Waals surface area contributed by atoms with Crippen molar-refractivity contribution in [1.82, 2.24) is 0 Å². The average molecular weight is 142 g/mol. The second-order valence-electron chi connectivity index (χ2n) is 1.75. The molecule has 1 N–H and O–H groups in total. The maximum atomic E-state index is 11.9. The molecular weight excluding hydrogens is 133 g/mol. The van der Waals surface area contributed by atoms with Crippen LogP contribution in [0.25, 0.3) is 0 Å². The predicted molar refractivity (Wildman–Crippen MR) is 27.2 cm³/mol. The summed E-state index contributed by atoms with van der Waals surface area (Å²) in [5, 5.41) is 8.44. The van der Waals surface area contributed by atoms with Crippen LogP contribution < -0.4 is 0 Å². The highest BCUT2D eigenvalue weighted by Crippen LogP contribution is 2.11. The van der Waals surface area contributed by atoms with Gasteiger partial charge in [-0.2, -0.15) is 0 Å². The van der Waals surface area contributed by atoms with Crippen LogP contribution in [0.15, 0.2) is 0 Å². The highest BCUT2D eigenvalue weighted by molar-refractivity contribution is 4.67. The van der Waals surface area contributed by atoms with Crippen molar-refractivity contribution >= 4 is 0 Å². The molecule has 0 spiro atoms. The minimum absolute atomic E-state index is 0.0194. The van der Waals surface area contributed by atoms with Crippen molar-refractivity contribution in [2.24, 2.45) is 0 Å². The summed E-state index contributed by atoms with van der Waals surface area (Å²) in [5.74, 6) is 0. The van der Waals surface area contributed by atoms with Crippen molar-refractivity contribution in [3.8, 4) is 0 Å². The molecule has 0 aromatic rings.